The van der Waals surface area contributed by atoms with Gasteiger partial charge in [0, 0.05) is 23.3 Å². The third-order valence-corrected chi connectivity index (χ3v) is 3.91. The minimum Gasteiger partial charge on any atom is -0.486 e. The van der Waals surface area contributed by atoms with E-state index in [2.05, 4.69) is 4.98 Å². The minimum absolute atomic E-state index is 0.208. The fourth-order valence-corrected chi connectivity index (χ4v) is 2.72. The molecule has 0 atom stereocenters. The quantitative estimate of drug-likeness (QED) is 0.675. The number of rotatable bonds is 2. The molecule has 0 saturated carbocycles. The molecule has 3 aromatic rings. The standard InChI is InChI=1S/C18H13NO5/c1-10-6-11(9-20)2-3-12(10)17-19-14-8-16-15(22-4-5-23-16)7-13(14)18(21)24-17/h2-3,6-9H,4-5H2,1H3. The number of hydrogen-bond acceptors (Lipinski definition) is 6. The van der Waals surface area contributed by atoms with Crippen LogP contribution in [0.4, 0.5) is 0 Å². The predicted molar refractivity (Wildman–Crippen MR) is 86.8 cm³/mol. The van der Waals surface area contributed by atoms with E-state index in [1.54, 1.807) is 30.3 Å². The number of aldehydes is 1. The summed E-state index contributed by atoms with van der Waals surface area (Å²) in [6.07, 6.45) is 0.768. The molecule has 0 spiro atoms. The van der Waals surface area contributed by atoms with E-state index in [0.717, 1.165) is 11.8 Å². The van der Waals surface area contributed by atoms with Crippen LogP contribution in [0.1, 0.15) is 15.9 Å². The van der Waals surface area contributed by atoms with E-state index in [9.17, 15) is 9.59 Å². The second-order valence-electron chi connectivity index (χ2n) is 5.51. The number of hydrogen-bond donors (Lipinski definition) is 0. The molecule has 0 radical (unpaired) electrons. The zero-order valence-electron chi connectivity index (χ0n) is 12.9. The van der Waals surface area contributed by atoms with Crippen LogP contribution in [0.3, 0.4) is 0 Å². The fourth-order valence-electron chi connectivity index (χ4n) is 2.72. The Kier molecular flexibility index (Phi) is 3.30. The van der Waals surface area contributed by atoms with Crippen molar-refractivity contribution in [3.05, 3.63) is 51.9 Å². The van der Waals surface area contributed by atoms with Crippen molar-refractivity contribution in [2.45, 2.75) is 6.92 Å². The van der Waals surface area contributed by atoms with E-state index in [1.165, 1.54) is 0 Å². The topological polar surface area (TPSA) is 78.6 Å². The van der Waals surface area contributed by atoms with Gasteiger partial charge in [0.15, 0.2) is 11.5 Å². The first-order valence-corrected chi connectivity index (χ1v) is 7.46. The highest BCUT2D eigenvalue weighted by molar-refractivity contribution is 5.83. The zero-order chi connectivity index (χ0) is 16.7. The van der Waals surface area contributed by atoms with Crippen molar-refractivity contribution < 1.29 is 18.7 Å². The third-order valence-electron chi connectivity index (χ3n) is 3.91. The van der Waals surface area contributed by atoms with Crippen LogP contribution >= 0.6 is 0 Å². The van der Waals surface area contributed by atoms with Gasteiger partial charge in [-0.2, -0.15) is 0 Å². The molecule has 1 aliphatic rings. The molecule has 4 rings (SSSR count). The number of carbonyl (C=O) groups excluding carboxylic acids is 1. The fraction of sp³-hybridized carbons (Fsp3) is 0.167. The summed E-state index contributed by atoms with van der Waals surface area (Å²) in [5, 5.41) is 0.338. The molecule has 0 fully saturated rings. The van der Waals surface area contributed by atoms with E-state index in [4.69, 9.17) is 13.9 Å². The van der Waals surface area contributed by atoms with Gasteiger partial charge in [0.25, 0.3) is 0 Å². The number of aryl methyl sites for hydroxylation is 1. The van der Waals surface area contributed by atoms with E-state index in [0.29, 0.717) is 46.7 Å². The molecule has 6 nitrogen and oxygen atoms in total. The van der Waals surface area contributed by atoms with Crippen LogP contribution < -0.4 is 15.1 Å². The molecular formula is C18H13NO5. The summed E-state index contributed by atoms with van der Waals surface area (Å²) < 4.78 is 16.4. The van der Waals surface area contributed by atoms with Gasteiger partial charge in [-0.15, -0.1) is 0 Å². The molecule has 0 saturated heterocycles. The van der Waals surface area contributed by atoms with Crippen molar-refractivity contribution in [2.24, 2.45) is 0 Å². The summed E-state index contributed by atoms with van der Waals surface area (Å²) in [5.41, 5.74) is 2.00. The lowest BCUT2D eigenvalue weighted by Gasteiger charge is -2.18. The van der Waals surface area contributed by atoms with Gasteiger partial charge in [0.2, 0.25) is 5.89 Å². The summed E-state index contributed by atoms with van der Waals surface area (Å²) in [6.45, 7) is 2.73. The maximum atomic E-state index is 12.3. The first-order valence-electron chi connectivity index (χ1n) is 7.46. The Bertz CT molecular complexity index is 1020. The van der Waals surface area contributed by atoms with Crippen molar-refractivity contribution in [1.82, 2.24) is 4.98 Å². The molecule has 2 aromatic carbocycles. The Morgan fingerprint density at radius 1 is 1.08 bits per heavy atom. The molecule has 120 valence electrons. The second-order valence-corrected chi connectivity index (χ2v) is 5.51. The molecule has 2 heterocycles. The van der Waals surface area contributed by atoms with Crippen LogP contribution in [0.5, 0.6) is 11.5 Å². The number of nitrogens with zero attached hydrogens (tertiary/aromatic N) is 1. The van der Waals surface area contributed by atoms with Gasteiger partial charge < -0.3 is 13.9 Å². The van der Waals surface area contributed by atoms with Gasteiger partial charge in [-0.05, 0) is 24.6 Å². The molecular weight excluding hydrogens is 310 g/mol. The highest BCUT2D eigenvalue weighted by atomic mass is 16.6. The van der Waals surface area contributed by atoms with Crippen molar-refractivity contribution in [1.29, 1.82) is 0 Å². The van der Waals surface area contributed by atoms with Gasteiger partial charge in [0.1, 0.15) is 19.5 Å². The molecule has 0 aliphatic carbocycles. The number of aromatic nitrogens is 1. The number of carbonyl (C=O) groups is 1. The van der Waals surface area contributed by atoms with Crippen LogP contribution in [-0.2, 0) is 0 Å². The summed E-state index contributed by atoms with van der Waals surface area (Å²) in [6, 6.07) is 8.37. The Labute approximate surface area is 136 Å². The van der Waals surface area contributed by atoms with Crippen molar-refractivity contribution in [2.75, 3.05) is 13.2 Å². The largest absolute Gasteiger partial charge is 0.486 e. The highest BCUT2D eigenvalue weighted by Crippen LogP contribution is 2.33. The lowest BCUT2D eigenvalue weighted by molar-refractivity contribution is 0.112. The Morgan fingerprint density at radius 2 is 1.83 bits per heavy atom. The number of ether oxygens (including phenoxy) is 2. The lowest BCUT2D eigenvalue weighted by Crippen LogP contribution is -2.16. The molecule has 6 heteroatoms. The smallest absolute Gasteiger partial charge is 0.347 e. The van der Waals surface area contributed by atoms with Crippen molar-refractivity contribution >= 4 is 17.2 Å². The summed E-state index contributed by atoms with van der Waals surface area (Å²) in [7, 11) is 0. The molecule has 1 aliphatic heterocycles. The summed E-state index contributed by atoms with van der Waals surface area (Å²) in [5.74, 6) is 1.28. The number of benzene rings is 2. The first-order chi connectivity index (χ1) is 11.7. The molecule has 0 amide bonds. The van der Waals surface area contributed by atoms with E-state index in [-0.39, 0.29) is 5.89 Å². The zero-order valence-corrected chi connectivity index (χ0v) is 12.9. The average molecular weight is 323 g/mol. The van der Waals surface area contributed by atoms with Crippen molar-refractivity contribution in [3.63, 3.8) is 0 Å². The summed E-state index contributed by atoms with van der Waals surface area (Å²) in [4.78, 5) is 27.6. The average Bonchev–Trinajstić information content (AvgIpc) is 2.60. The summed E-state index contributed by atoms with van der Waals surface area (Å²) >= 11 is 0. The maximum absolute atomic E-state index is 12.3. The normalized spacial score (nSPS) is 13.0. The van der Waals surface area contributed by atoms with Gasteiger partial charge in [-0.1, -0.05) is 6.07 Å². The monoisotopic (exact) mass is 323 g/mol. The lowest BCUT2D eigenvalue weighted by atomic mass is 10.1. The predicted octanol–water partition coefficient (Wildman–Crippen LogP) is 2.75. The first kappa shape index (κ1) is 14.4. The van der Waals surface area contributed by atoms with Crippen LogP contribution in [0.25, 0.3) is 22.4 Å². The molecule has 24 heavy (non-hydrogen) atoms. The van der Waals surface area contributed by atoms with Gasteiger partial charge in [-0.3, -0.25) is 4.79 Å². The molecule has 0 bridgehead atoms. The Hall–Kier alpha value is -3.15. The van der Waals surface area contributed by atoms with Gasteiger partial charge in [0.05, 0.1) is 10.9 Å². The van der Waals surface area contributed by atoms with E-state index in [1.807, 2.05) is 6.92 Å². The Morgan fingerprint density at radius 3 is 2.54 bits per heavy atom. The van der Waals surface area contributed by atoms with Crippen LogP contribution in [-0.4, -0.2) is 24.5 Å². The van der Waals surface area contributed by atoms with E-state index < -0.39 is 5.63 Å². The molecule has 0 N–H and O–H groups in total. The number of fused-ring (bicyclic) bond motifs is 2. The van der Waals surface area contributed by atoms with Crippen LogP contribution in [0.2, 0.25) is 0 Å². The highest BCUT2D eigenvalue weighted by Gasteiger charge is 2.17. The Balaban J connectivity index is 1.91. The SMILES string of the molecule is Cc1cc(C=O)ccc1-c1nc2cc3c(cc2c(=O)o1)OCCO3. The van der Waals surface area contributed by atoms with Gasteiger partial charge >= 0.3 is 5.63 Å². The van der Waals surface area contributed by atoms with Gasteiger partial charge in [-0.25, -0.2) is 9.78 Å². The van der Waals surface area contributed by atoms with Crippen molar-refractivity contribution in [3.8, 4) is 23.0 Å². The van der Waals surface area contributed by atoms with Crippen LogP contribution in [0, 0.1) is 6.92 Å². The molecule has 0 unspecified atom stereocenters. The van der Waals surface area contributed by atoms with Crippen LogP contribution in [0.15, 0.2) is 39.5 Å². The maximum Gasteiger partial charge on any atom is 0.347 e. The third kappa shape index (κ3) is 2.32. The minimum atomic E-state index is -0.495. The van der Waals surface area contributed by atoms with E-state index >= 15 is 0 Å². The molecule has 1 aromatic heterocycles. The second kappa shape index (κ2) is 5.49.